The lowest BCUT2D eigenvalue weighted by Gasteiger charge is -2.24. The fourth-order valence-electron chi connectivity index (χ4n) is 5.44. The van der Waals surface area contributed by atoms with Crippen molar-refractivity contribution in [3.05, 3.63) is 82.9 Å². The quantitative estimate of drug-likeness (QED) is 0.498. The number of rotatable bonds is 7. The van der Waals surface area contributed by atoms with Gasteiger partial charge in [-0.1, -0.05) is 56.2 Å². The van der Waals surface area contributed by atoms with Crippen molar-refractivity contribution in [3.8, 4) is 17.2 Å². The van der Waals surface area contributed by atoms with Crippen LogP contribution in [0.25, 0.3) is 0 Å². The summed E-state index contributed by atoms with van der Waals surface area (Å²) in [4.78, 5) is 29.0. The number of fused-ring (bicyclic) bond motifs is 5. The lowest BCUT2D eigenvalue weighted by atomic mass is 9.77. The third kappa shape index (κ3) is 3.41. The Bertz CT molecular complexity index is 1350. The predicted molar refractivity (Wildman–Crippen MR) is 135 cm³/mol. The molecule has 1 unspecified atom stereocenters. The Labute approximate surface area is 210 Å². The molecule has 7 nitrogen and oxygen atoms in total. The number of nitrogens with zero attached hydrogens (tertiary/aromatic N) is 1. The van der Waals surface area contributed by atoms with Gasteiger partial charge in [0, 0.05) is 29.4 Å². The second-order valence-corrected chi connectivity index (χ2v) is 9.42. The molecule has 2 amide bonds. The lowest BCUT2D eigenvalue weighted by molar-refractivity contribution is -0.122. The van der Waals surface area contributed by atoms with Crippen LogP contribution in [0.1, 0.15) is 53.2 Å². The van der Waals surface area contributed by atoms with Crippen molar-refractivity contribution in [3.63, 3.8) is 0 Å². The van der Waals surface area contributed by atoms with Gasteiger partial charge in [-0.3, -0.25) is 9.59 Å². The average molecular weight is 485 g/mol. The zero-order chi connectivity index (χ0) is 24.7. The first-order valence-corrected chi connectivity index (χ1v) is 12.5. The molecular formula is C29H28N2O5. The fourth-order valence-corrected chi connectivity index (χ4v) is 5.44. The van der Waals surface area contributed by atoms with Crippen molar-refractivity contribution < 1.29 is 23.8 Å². The number of hydrogen-bond donors (Lipinski definition) is 1. The number of ether oxygens (including phenoxy) is 3. The highest BCUT2D eigenvalue weighted by Crippen LogP contribution is 2.55. The van der Waals surface area contributed by atoms with Crippen LogP contribution >= 0.6 is 0 Å². The largest absolute Gasteiger partial charge is 0.491 e. The monoisotopic (exact) mass is 484 g/mol. The molecule has 0 aromatic heterocycles. The maximum absolute atomic E-state index is 14.3. The number of carbonyl (C=O) groups excluding carboxylic acids is 2. The van der Waals surface area contributed by atoms with E-state index in [1.54, 1.807) is 4.90 Å². The van der Waals surface area contributed by atoms with Gasteiger partial charge in [-0.25, -0.2) is 0 Å². The van der Waals surface area contributed by atoms with Crippen molar-refractivity contribution in [1.29, 1.82) is 0 Å². The van der Waals surface area contributed by atoms with Crippen LogP contribution in [-0.2, 0) is 16.8 Å². The minimum absolute atomic E-state index is 0.0699. The van der Waals surface area contributed by atoms with Gasteiger partial charge in [0.2, 0.25) is 12.7 Å². The summed E-state index contributed by atoms with van der Waals surface area (Å²) in [6.07, 6.45) is 3.12. The summed E-state index contributed by atoms with van der Waals surface area (Å²) in [7, 11) is 0. The Balaban J connectivity index is 1.35. The zero-order valence-corrected chi connectivity index (χ0v) is 20.2. The number of unbranched alkanes of at least 4 members (excludes halogenated alkanes) is 2. The molecule has 0 saturated carbocycles. The number of nitrogens with one attached hydrogen (secondary N) is 1. The first kappa shape index (κ1) is 22.5. The number of para-hydroxylation sites is 1. The van der Waals surface area contributed by atoms with Gasteiger partial charge in [-0.05, 0) is 35.7 Å². The molecule has 0 radical (unpaired) electrons. The maximum atomic E-state index is 14.3. The summed E-state index contributed by atoms with van der Waals surface area (Å²) in [5.74, 6) is 1.70. The first-order chi connectivity index (χ1) is 17.6. The molecule has 3 aromatic carbocycles. The Morgan fingerprint density at radius 1 is 0.944 bits per heavy atom. The van der Waals surface area contributed by atoms with E-state index in [0.29, 0.717) is 29.4 Å². The Hall–Kier alpha value is -4.00. The lowest BCUT2D eigenvalue weighted by Crippen LogP contribution is -2.42. The first-order valence-electron chi connectivity index (χ1n) is 12.5. The molecule has 0 saturated heterocycles. The van der Waals surface area contributed by atoms with Gasteiger partial charge in [0.1, 0.15) is 17.8 Å². The number of amides is 2. The SMILES string of the molecule is CCCCCNC(=O)c1ccccc1CN1C(=O)C2(COc3cc4c(cc32)OCO4)c2ccccc21. The van der Waals surface area contributed by atoms with Crippen molar-refractivity contribution in [2.45, 2.75) is 38.1 Å². The van der Waals surface area contributed by atoms with Crippen molar-refractivity contribution in [2.75, 3.05) is 24.8 Å². The molecule has 0 fully saturated rings. The van der Waals surface area contributed by atoms with Crippen LogP contribution in [0, 0.1) is 0 Å². The second kappa shape index (κ2) is 8.90. The summed E-state index contributed by atoms with van der Waals surface area (Å²) >= 11 is 0. The highest BCUT2D eigenvalue weighted by atomic mass is 16.7. The summed E-state index contributed by atoms with van der Waals surface area (Å²) < 4.78 is 17.2. The summed E-state index contributed by atoms with van der Waals surface area (Å²) in [5, 5.41) is 3.03. The van der Waals surface area contributed by atoms with E-state index in [1.807, 2.05) is 60.7 Å². The Morgan fingerprint density at radius 2 is 1.72 bits per heavy atom. The molecule has 3 aromatic rings. The molecule has 1 N–H and O–H groups in total. The van der Waals surface area contributed by atoms with Gasteiger partial charge >= 0.3 is 0 Å². The molecule has 6 rings (SSSR count). The van der Waals surface area contributed by atoms with E-state index < -0.39 is 5.41 Å². The minimum atomic E-state index is -0.968. The average Bonchev–Trinajstić information content (AvgIpc) is 3.58. The van der Waals surface area contributed by atoms with Crippen molar-refractivity contribution >= 4 is 17.5 Å². The summed E-state index contributed by atoms with van der Waals surface area (Å²) in [6.45, 7) is 3.42. The van der Waals surface area contributed by atoms with Gasteiger partial charge < -0.3 is 24.4 Å². The molecule has 1 spiro atoms. The van der Waals surface area contributed by atoms with Gasteiger partial charge in [0.05, 0.1) is 6.54 Å². The molecule has 36 heavy (non-hydrogen) atoms. The van der Waals surface area contributed by atoms with E-state index in [2.05, 4.69) is 12.2 Å². The van der Waals surface area contributed by atoms with Crippen LogP contribution in [0.15, 0.2) is 60.7 Å². The van der Waals surface area contributed by atoms with Gasteiger partial charge in [-0.2, -0.15) is 0 Å². The van der Waals surface area contributed by atoms with E-state index in [-0.39, 0.29) is 31.8 Å². The van der Waals surface area contributed by atoms with E-state index in [1.165, 1.54) is 0 Å². The van der Waals surface area contributed by atoms with Crippen molar-refractivity contribution in [1.82, 2.24) is 5.32 Å². The number of anilines is 1. The topological polar surface area (TPSA) is 77.1 Å². The van der Waals surface area contributed by atoms with E-state index in [9.17, 15) is 9.59 Å². The standard InChI is InChI=1S/C29H28N2O5/c1-2-3-8-13-30-27(32)20-10-5-4-9-19(20)16-31-23-12-7-6-11-21(23)29(28(31)33)17-34-24-15-26-25(14-22(24)29)35-18-36-26/h4-7,9-12,14-15H,2-3,8,13,16-18H2,1H3,(H,30,32). The van der Waals surface area contributed by atoms with Crippen LogP contribution in [0.2, 0.25) is 0 Å². The van der Waals surface area contributed by atoms with E-state index in [0.717, 1.165) is 41.6 Å². The third-order valence-corrected chi connectivity index (χ3v) is 7.30. The van der Waals surface area contributed by atoms with E-state index >= 15 is 0 Å². The maximum Gasteiger partial charge on any atom is 0.251 e. The highest BCUT2D eigenvalue weighted by molar-refractivity contribution is 6.11. The fraction of sp³-hybridized carbons (Fsp3) is 0.310. The minimum Gasteiger partial charge on any atom is -0.491 e. The smallest absolute Gasteiger partial charge is 0.251 e. The molecule has 7 heteroatoms. The van der Waals surface area contributed by atoms with Crippen molar-refractivity contribution in [2.24, 2.45) is 0 Å². The van der Waals surface area contributed by atoms with Crippen LogP contribution in [0.5, 0.6) is 17.2 Å². The zero-order valence-electron chi connectivity index (χ0n) is 20.2. The molecule has 3 aliphatic rings. The van der Waals surface area contributed by atoms with Gasteiger partial charge in [0.15, 0.2) is 11.5 Å². The normalized spacial score (nSPS) is 18.8. The highest BCUT2D eigenvalue weighted by Gasteiger charge is 2.57. The van der Waals surface area contributed by atoms with Crippen LogP contribution in [0.4, 0.5) is 5.69 Å². The number of carbonyl (C=O) groups is 2. The molecular weight excluding hydrogens is 456 g/mol. The molecule has 3 heterocycles. The third-order valence-electron chi connectivity index (χ3n) is 7.30. The number of benzene rings is 3. The molecule has 3 aliphatic heterocycles. The molecule has 0 bridgehead atoms. The van der Waals surface area contributed by atoms with Crippen LogP contribution in [-0.4, -0.2) is 31.8 Å². The van der Waals surface area contributed by atoms with Crippen LogP contribution in [0.3, 0.4) is 0 Å². The summed E-state index contributed by atoms with van der Waals surface area (Å²) in [5.41, 5.74) is 2.93. The Kier molecular flexibility index (Phi) is 5.55. The second-order valence-electron chi connectivity index (χ2n) is 9.42. The number of hydrogen-bond acceptors (Lipinski definition) is 5. The van der Waals surface area contributed by atoms with Gasteiger partial charge in [-0.15, -0.1) is 0 Å². The molecule has 1 atom stereocenters. The Morgan fingerprint density at radius 3 is 2.58 bits per heavy atom. The van der Waals surface area contributed by atoms with Gasteiger partial charge in [0.25, 0.3) is 5.91 Å². The van der Waals surface area contributed by atoms with E-state index in [4.69, 9.17) is 14.2 Å². The predicted octanol–water partition coefficient (Wildman–Crippen LogP) is 4.56. The summed E-state index contributed by atoms with van der Waals surface area (Å²) in [6, 6.07) is 19.0. The molecule has 0 aliphatic carbocycles. The molecule has 184 valence electrons. The van der Waals surface area contributed by atoms with Crippen LogP contribution < -0.4 is 24.4 Å².